The smallest absolute Gasteiger partial charge is 0.407 e. The molecule has 1 heterocycles. The van der Waals surface area contributed by atoms with Crippen LogP contribution >= 0.6 is 0 Å². The van der Waals surface area contributed by atoms with Crippen molar-refractivity contribution in [2.75, 3.05) is 13.1 Å². The zero-order valence-electron chi connectivity index (χ0n) is 13.1. The third kappa shape index (κ3) is 8.04. The summed E-state index contributed by atoms with van der Waals surface area (Å²) in [6, 6.07) is 0.0875. The van der Waals surface area contributed by atoms with Crippen LogP contribution in [-0.2, 0) is 9.47 Å². The first-order valence-corrected chi connectivity index (χ1v) is 7.37. The third-order valence-electron chi connectivity index (χ3n) is 2.91. The summed E-state index contributed by atoms with van der Waals surface area (Å²) in [5.41, 5.74) is -0.451. The van der Waals surface area contributed by atoms with Gasteiger partial charge in [-0.2, -0.15) is 0 Å². The third-order valence-corrected chi connectivity index (χ3v) is 2.91. The molecule has 0 saturated carbocycles. The lowest BCUT2D eigenvalue weighted by molar-refractivity contribution is 0.0506. The van der Waals surface area contributed by atoms with Crippen LogP contribution in [0.1, 0.15) is 47.0 Å². The maximum Gasteiger partial charge on any atom is 0.407 e. The van der Waals surface area contributed by atoms with Gasteiger partial charge in [0, 0.05) is 12.6 Å². The van der Waals surface area contributed by atoms with Gasteiger partial charge in [0.25, 0.3) is 0 Å². The Morgan fingerprint density at radius 2 is 2.25 bits per heavy atom. The van der Waals surface area contributed by atoms with E-state index in [1.54, 1.807) is 6.26 Å². The summed E-state index contributed by atoms with van der Waals surface area (Å²) in [4.78, 5) is 11.6. The SMILES string of the molecule is CC(CCNCC1CCC=CO1)NC(=O)OC(C)(C)C. The summed E-state index contributed by atoms with van der Waals surface area (Å²) >= 11 is 0. The fourth-order valence-electron chi connectivity index (χ4n) is 1.90. The number of nitrogens with one attached hydrogen (secondary N) is 2. The van der Waals surface area contributed by atoms with Crippen LogP contribution in [0, 0.1) is 0 Å². The van der Waals surface area contributed by atoms with E-state index in [2.05, 4.69) is 10.6 Å². The van der Waals surface area contributed by atoms with E-state index < -0.39 is 5.60 Å². The number of amides is 1. The zero-order valence-corrected chi connectivity index (χ0v) is 13.1. The molecule has 0 radical (unpaired) electrons. The average molecular weight is 284 g/mol. The van der Waals surface area contributed by atoms with Crippen LogP contribution in [0.25, 0.3) is 0 Å². The van der Waals surface area contributed by atoms with Gasteiger partial charge in [0.1, 0.15) is 11.7 Å². The first-order chi connectivity index (χ1) is 9.37. The lowest BCUT2D eigenvalue weighted by Gasteiger charge is -2.22. The molecule has 2 atom stereocenters. The molecule has 0 aromatic carbocycles. The lowest BCUT2D eigenvalue weighted by Crippen LogP contribution is -2.39. The Bertz CT molecular complexity index is 324. The number of hydrogen-bond donors (Lipinski definition) is 2. The van der Waals surface area contributed by atoms with E-state index in [0.29, 0.717) is 0 Å². The number of rotatable bonds is 6. The standard InChI is InChI=1S/C15H28N2O3/c1-12(17-14(18)20-15(2,3)4)8-9-16-11-13-7-5-6-10-19-13/h6,10,12-13,16H,5,7-9,11H2,1-4H3,(H,17,18). The molecule has 1 aliphatic rings. The van der Waals surface area contributed by atoms with Crippen molar-refractivity contribution in [3.63, 3.8) is 0 Å². The Hall–Kier alpha value is -1.23. The summed E-state index contributed by atoms with van der Waals surface area (Å²) < 4.78 is 10.7. The van der Waals surface area contributed by atoms with Crippen molar-refractivity contribution in [1.82, 2.24) is 10.6 Å². The fraction of sp³-hybridized carbons (Fsp3) is 0.800. The van der Waals surface area contributed by atoms with Crippen LogP contribution in [0.3, 0.4) is 0 Å². The molecule has 20 heavy (non-hydrogen) atoms. The molecule has 0 fully saturated rings. The van der Waals surface area contributed by atoms with Crippen LogP contribution in [0.15, 0.2) is 12.3 Å². The van der Waals surface area contributed by atoms with E-state index in [1.165, 1.54) is 0 Å². The Balaban J connectivity index is 2.06. The number of alkyl carbamates (subject to hydrolysis) is 1. The Morgan fingerprint density at radius 1 is 1.50 bits per heavy atom. The van der Waals surface area contributed by atoms with E-state index >= 15 is 0 Å². The maximum absolute atomic E-state index is 11.6. The van der Waals surface area contributed by atoms with Crippen LogP contribution < -0.4 is 10.6 Å². The van der Waals surface area contributed by atoms with Gasteiger partial charge in [0.2, 0.25) is 0 Å². The molecule has 1 rings (SSSR count). The topological polar surface area (TPSA) is 59.6 Å². The highest BCUT2D eigenvalue weighted by atomic mass is 16.6. The minimum atomic E-state index is -0.451. The molecule has 5 nitrogen and oxygen atoms in total. The fourth-order valence-corrected chi connectivity index (χ4v) is 1.90. The minimum Gasteiger partial charge on any atom is -0.497 e. The van der Waals surface area contributed by atoms with Gasteiger partial charge < -0.3 is 20.1 Å². The highest BCUT2D eigenvalue weighted by molar-refractivity contribution is 5.67. The molecule has 0 spiro atoms. The van der Waals surface area contributed by atoms with Gasteiger partial charge in [-0.15, -0.1) is 0 Å². The summed E-state index contributed by atoms with van der Waals surface area (Å²) in [7, 11) is 0. The normalized spacial score (nSPS) is 20.1. The van der Waals surface area contributed by atoms with Crippen LogP contribution in [0.2, 0.25) is 0 Å². The van der Waals surface area contributed by atoms with Gasteiger partial charge in [-0.25, -0.2) is 4.79 Å². The molecule has 0 aliphatic carbocycles. The van der Waals surface area contributed by atoms with E-state index in [0.717, 1.165) is 32.4 Å². The second-order valence-electron chi connectivity index (χ2n) is 6.25. The van der Waals surface area contributed by atoms with E-state index in [9.17, 15) is 4.79 Å². The summed E-state index contributed by atoms with van der Waals surface area (Å²) in [5.74, 6) is 0. The molecule has 2 N–H and O–H groups in total. The van der Waals surface area contributed by atoms with Gasteiger partial charge in [0.05, 0.1) is 6.26 Å². The van der Waals surface area contributed by atoms with Crippen molar-refractivity contribution < 1.29 is 14.3 Å². The molecule has 0 saturated heterocycles. The van der Waals surface area contributed by atoms with Crippen molar-refractivity contribution in [1.29, 1.82) is 0 Å². The van der Waals surface area contributed by atoms with Crippen molar-refractivity contribution in [2.45, 2.75) is 64.7 Å². The minimum absolute atomic E-state index is 0.0875. The van der Waals surface area contributed by atoms with Crippen LogP contribution in [0.4, 0.5) is 4.79 Å². The molecule has 116 valence electrons. The molecule has 0 bridgehead atoms. The average Bonchev–Trinajstić information content (AvgIpc) is 2.33. The molecular formula is C15H28N2O3. The predicted octanol–water partition coefficient (Wildman–Crippen LogP) is 2.57. The number of hydrogen-bond acceptors (Lipinski definition) is 4. The second kappa shape index (κ2) is 8.15. The monoisotopic (exact) mass is 284 g/mol. The summed E-state index contributed by atoms with van der Waals surface area (Å²) in [5, 5.41) is 6.19. The van der Waals surface area contributed by atoms with Crippen molar-refractivity contribution in [3.05, 3.63) is 12.3 Å². The Labute approximate surface area is 122 Å². The van der Waals surface area contributed by atoms with Gasteiger partial charge >= 0.3 is 6.09 Å². The van der Waals surface area contributed by atoms with Crippen LogP contribution in [0.5, 0.6) is 0 Å². The van der Waals surface area contributed by atoms with Gasteiger partial charge in [-0.1, -0.05) is 0 Å². The highest BCUT2D eigenvalue weighted by Gasteiger charge is 2.17. The first kappa shape index (κ1) is 16.8. The zero-order chi connectivity index (χ0) is 15.0. The Kier molecular flexibility index (Phi) is 6.85. The summed E-state index contributed by atoms with van der Waals surface area (Å²) in [6.07, 6.45) is 6.76. The number of ether oxygens (including phenoxy) is 2. The predicted molar refractivity (Wildman–Crippen MR) is 79.6 cm³/mol. The maximum atomic E-state index is 11.6. The molecular weight excluding hydrogens is 256 g/mol. The van der Waals surface area contributed by atoms with E-state index in [4.69, 9.17) is 9.47 Å². The van der Waals surface area contributed by atoms with Gasteiger partial charge in [-0.3, -0.25) is 0 Å². The van der Waals surface area contributed by atoms with Crippen LogP contribution in [-0.4, -0.2) is 36.9 Å². The molecule has 0 aromatic heterocycles. The summed E-state index contributed by atoms with van der Waals surface area (Å²) in [6.45, 7) is 9.25. The van der Waals surface area contributed by atoms with Gasteiger partial charge in [0.15, 0.2) is 0 Å². The highest BCUT2D eigenvalue weighted by Crippen LogP contribution is 2.09. The quantitative estimate of drug-likeness (QED) is 0.736. The lowest BCUT2D eigenvalue weighted by atomic mass is 10.1. The molecule has 1 aliphatic heterocycles. The molecule has 5 heteroatoms. The van der Waals surface area contributed by atoms with E-state index in [-0.39, 0.29) is 18.2 Å². The number of carbonyl (C=O) groups is 1. The first-order valence-electron chi connectivity index (χ1n) is 7.37. The van der Waals surface area contributed by atoms with Crippen molar-refractivity contribution >= 4 is 6.09 Å². The molecule has 0 aromatic rings. The number of allylic oxidation sites excluding steroid dienone is 1. The largest absolute Gasteiger partial charge is 0.497 e. The van der Waals surface area contributed by atoms with Gasteiger partial charge in [-0.05, 0) is 59.6 Å². The Morgan fingerprint density at radius 3 is 2.85 bits per heavy atom. The van der Waals surface area contributed by atoms with E-state index in [1.807, 2.05) is 33.8 Å². The number of carbonyl (C=O) groups excluding carboxylic acids is 1. The molecule has 1 amide bonds. The molecule has 2 unspecified atom stereocenters. The second-order valence-corrected chi connectivity index (χ2v) is 6.25. The van der Waals surface area contributed by atoms with Crippen molar-refractivity contribution in [3.8, 4) is 0 Å². The van der Waals surface area contributed by atoms with Crippen molar-refractivity contribution in [2.24, 2.45) is 0 Å².